The Morgan fingerprint density at radius 2 is 2.18 bits per heavy atom. The zero-order chi connectivity index (χ0) is 12.1. The summed E-state index contributed by atoms with van der Waals surface area (Å²) in [6, 6.07) is 0.635. The molecule has 0 amide bonds. The largest absolute Gasteiger partial charge is 0.334 e. The highest BCUT2D eigenvalue weighted by Crippen LogP contribution is 2.26. The second-order valence-corrected chi connectivity index (χ2v) is 5.24. The minimum Gasteiger partial charge on any atom is -0.334 e. The molecule has 1 aromatic heterocycles. The third kappa shape index (κ3) is 3.32. The fourth-order valence-corrected chi connectivity index (χ4v) is 2.85. The lowest BCUT2D eigenvalue weighted by molar-refractivity contribution is 0.279. The summed E-state index contributed by atoms with van der Waals surface area (Å²) < 4.78 is 2.21. The number of aryl methyl sites for hydroxylation is 1. The van der Waals surface area contributed by atoms with Gasteiger partial charge in [0.25, 0.3) is 0 Å². The van der Waals surface area contributed by atoms with Crippen molar-refractivity contribution in [1.29, 1.82) is 0 Å². The maximum atomic E-state index is 4.21. The smallest absolute Gasteiger partial charge is 0.0948 e. The van der Waals surface area contributed by atoms with Crippen LogP contribution in [0, 0.1) is 5.92 Å². The van der Waals surface area contributed by atoms with Gasteiger partial charge in [-0.25, -0.2) is 4.98 Å². The van der Waals surface area contributed by atoms with Gasteiger partial charge in [-0.2, -0.15) is 0 Å². The average Bonchev–Trinajstić information content (AvgIpc) is 2.84. The van der Waals surface area contributed by atoms with Crippen molar-refractivity contribution in [2.24, 2.45) is 5.92 Å². The van der Waals surface area contributed by atoms with Crippen LogP contribution in [0.4, 0.5) is 0 Å². The standard InChI is InChI=1S/C14H25N3/c1-3-17-11-15-9-14(17)10-16-12(2)13-7-5-4-6-8-13/h9,11-13,16H,3-8,10H2,1-2H3/t12-/m1/s1. The lowest BCUT2D eigenvalue weighted by Gasteiger charge is -2.28. The second-order valence-electron chi connectivity index (χ2n) is 5.24. The summed E-state index contributed by atoms with van der Waals surface area (Å²) in [6.45, 7) is 6.46. The maximum absolute atomic E-state index is 4.21. The number of hydrogen-bond donors (Lipinski definition) is 1. The van der Waals surface area contributed by atoms with Gasteiger partial charge in [-0.3, -0.25) is 0 Å². The molecule has 1 aliphatic rings. The first-order valence-corrected chi connectivity index (χ1v) is 7.03. The lowest BCUT2D eigenvalue weighted by atomic mass is 9.84. The van der Waals surface area contributed by atoms with Crippen molar-refractivity contribution < 1.29 is 0 Å². The molecular formula is C14H25N3. The van der Waals surface area contributed by atoms with Gasteiger partial charge in [0, 0.05) is 25.3 Å². The number of hydrogen-bond acceptors (Lipinski definition) is 2. The molecule has 1 heterocycles. The van der Waals surface area contributed by atoms with E-state index in [1.807, 2.05) is 12.5 Å². The highest BCUT2D eigenvalue weighted by molar-refractivity contribution is 4.98. The van der Waals surface area contributed by atoms with E-state index < -0.39 is 0 Å². The van der Waals surface area contributed by atoms with Gasteiger partial charge in [-0.1, -0.05) is 19.3 Å². The molecule has 0 saturated heterocycles. The zero-order valence-electron chi connectivity index (χ0n) is 11.2. The Hall–Kier alpha value is -0.830. The Kier molecular flexibility index (Phi) is 4.60. The Balaban J connectivity index is 1.80. The van der Waals surface area contributed by atoms with Crippen LogP contribution < -0.4 is 5.32 Å². The number of imidazole rings is 1. The van der Waals surface area contributed by atoms with Crippen molar-refractivity contribution in [1.82, 2.24) is 14.9 Å². The molecule has 0 aromatic carbocycles. The molecule has 0 radical (unpaired) electrons. The van der Waals surface area contributed by atoms with Crippen LogP contribution in [0.2, 0.25) is 0 Å². The van der Waals surface area contributed by atoms with Crippen molar-refractivity contribution in [2.45, 2.75) is 65.1 Å². The number of aromatic nitrogens is 2. The molecule has 3 heteroatoms. The van der Waals surface area contributed by atoms with Gasteiger partial charge in [0.05, 0.1) is 12.0 Å². The molecule has 1 aromatic rings. The molecule has 3 nitrogen and oxygen atoms in total. The van der Waals surface area contributed by atoms with Crippen LogP contribution in [0.3, 0.4) is 0 Å². The highest BCUT2D eigenvalue weighted by Gasteiger charge is 2.19. The van der Waals surface area contributed by atoms with Gasteiger partial charge >= 0.3 is 0 Å². The molecule has 1 fully saturated rings. The third-order valence-electron chi connectivity index (χ3n) is 4.10. The minimum absolute atomic E-state index is 0.635. The van der Waals surface area contributed by atoms with Crippen LogP contribution in [-0.4, -0.2) is 15.6 Å². The van der Waals surface area contributed by atoms with Crippen LogP contribution in [0.5, 0.6) is 0 Å². The van der Waals surface area contributed by atoms with E-state index in [0.717, 1.165) is 19.0 Å². The molecule has 96 valence electrons. The number of nitrogens with one attached hydrogen (secondary N) is 1. The van der Waals surface area contributed by atoms with Crippen molar-refractivity contribution >= 4 is 0 Å². The van der Waals surface area contributed by atoms with Crippen LogP contribution in [-0.2, 0) is 13.1 Å². The third-order valence-corrected chi connectivity index (χ3v) is 4.10. The van der Waals surface area contributed by atoms with E-state index in [0.29, 0.717) is 6.04 Å². The number of rotatable bonds is 5. The van der Waals surface area contributed by atoms with Crippen molar-refractivity contribution in [3.05, 3.63) is 18.2 Å². The SMILES string of the molecule is CCn1cncc1CN[C@H](C)C1CCCCC1. The summed E-state index contributed by atoms with van der Waals surface area (Å²) in [5.41, 5.74) is 1.30. The average molecular weight is 235 g/mol. The van der Waals surface area contributed by atoms with E-state index in [4.69, 9.17) is 0 Å². The lowest BCUT2D eigenvalue weighted by Crippen LogP contribution is -2.34. The van der Waals surface area contributed by atoms with Gasteiger partial charge in [0.1, 0.15) is 0 Å². The van der Waals surface area contributed by atoms with Crippen LogP contribution >= 0.6 is 0 Å². The molecule has 0 aliphatic heterocycles. The topological polar surface area (TPSA) is 29.9 Å². The predicted octanol–water partition coefficient (Wildman–Crippen LogP) is 2.96. The summed E-state index contributed by atoms with van der Waals surface area (Å²) in [4.78, 5) is 4.21. The molecule has 0 unspecified atom stereocenters. The Morgan fingerprint density at radius 1 is 1.41 bits per heavy atom. The van der Waals surface area contributed by atoms with E-state index in [1.165, 1.54) is 37.8 Å². The maximum Gasteiger partial charge on any atom is 0.0948 e. The monoisotopic (exact) mass is 235 g/mol. The molecule has 2 rings (SSSR count). The van der Waals surface area contributed by atoms with Gasteiger partial charge in [-0.15, -0.1) is 0 Å². The molecule has 1 N–H and O–H groups in total. The van der Waals surface area contributed by atoms with E-state index >= 15 is 0 Å². The summed E-state index contributed by atoms with van der Waals surface area (Å²) in [5, 5.41) is 3.67. The van der Waals surface area contributed by atoms with E-state index in [-0.39, 0.29) is 0 Å². The van der Waals surface area contributed by atoms with Crippen LogP contribution in [0.15, 0.2) is 12.5 Å². The van der Waals surface area contributed by atoms with Crippen molar-refractivity contribution in [3.8, 4) is 0 Å². The van der Waals surface area contributed by atoms with Gasteiger partial charge in [0.15, 0.2) is 0 Å². The second kappa shape index (κ2) is 6.20. The van der Waals surface area contributed by atoms with Crippen LogP contribution in [0.1, 0.15) is 51.6 Å². The van der Waals surface area contributed by atoms with Crippen molar-refractivity contribution in [3.63, 3.8) is 0 Å². The quantitative estimate of drug-likeness (QED) is 0.850. The summed E-state index contributed by atoms with van der Waals surface area (Å²) >= 11 is 0. The minimum atomic E-state index is 0.635. The molecule has 0 spiro atoms. The fraction of sp³-hybridized carbons (Fsp3) is 0.786. The summed E-state index contributed by atoms with van der Waals surface area (Å²) in [6.07, 6.45) is 11.0. The van der Waals surface area contributed by atoms with E-state index in [9.17, 15) is 0 Å². The first-order chi connectivity index (χ1) is 8.31. The molecule has 0 bridgehead atoms. The van der Waals surface area contributed by atoms with Gasteiger partial charge in [0.2, 0.25) is 0 Å². The fourth-order valence-electron chi connectivity index (χ4n) is 2.85. The van der Waals surface area contributed by atoms with Crippen molar-refractivity contribution in [2.75, 3.05) is 0 Å². The molecular weight excluding hydrogens is 210 g/mol. The summed E-state index contributed by atoms with van der Waals surface area (Å²) in [5.74, 6) is 0.877. The number of nitrogens with zero attached hydrogens (tertiary/aromatic N) is 2. The van der Waals surface area contributed by atoms with E-state index in [2.05, 4.69) is 28.7 Å². The highest BCUT2D eigenvalue weighted by atomic mass is 15.1. The Morgan fingerprint density at radius 3 is 2.88 bits per heavy atom. The zero-order valence-corrected chi connectivity index (χ0v) is 11.2. The Bertz CT molecular complexity index is 326. The summed E-state index contributed by atoms with van der Waals surface area (Å²) in [7, 11) is 0. The predicted molar refractivity (Wildman–Crippen MR) is 70.8 cm³/mol. The van der Waals surface area contributed by atoms with Gasteiger partial charge < -0.3 is 9.88 Å². The van der Waals surface area contributed by atoms with Gasteiger partial charge in [-0.05, 0) is 32.6 Å². The molecule has 1 atom stereocenters. The molecule has 1 saturated carbocycles. The first-order valence-electron chi connectivity index (χ1n) is 7.03. The molecule has 17 heavy (non-hydrogen) atoms. The van der Waals surface area contributed by atoms with E-state index in [1.54, 1.807) is 0 Å². The molecule has 1 aliphatic carbocycles. The first kappa shape index (κ1) is 12.6. The van der Waals surface area contributed by atoms with Crippen LogP contribution in [0.25, 0.3) is 0 Å². The normalized spacial score (nSPS) is 19.4. The Labute approximate surface area is 105 Å².